The Labute approximate surface area is 116 Å². The van der Waals surface area contributed by atoms with Gasteiger partial charge in [-0.25, -0.2) is 4.98 Å². The van der Waals surface area contributed by atoms with Crippen molar-refractivity contribution in [2.45, 2.75) is 31.2 Å². The van der Waals surface area contributed by atoms with E-state index in [4.69, 9.17) is 11.6 Å². The largest absolute Gasteiger partial charge is 0.353 e. The molecule has 0 bridgehead atoms. The average Bonchev–Trinajstić information content (AvgIpc) is 2.96. The zero-order valence-electron chi connectivity index (χ0n) is 10.2. The van der Waals surface area contributed by atoms with E-state index in [1.807, 2.05) is 0 Å². The number of alkyl halides is 1. The van der Waals surface area contributed by atoms with E-state index in [2.05, 4.69) is 46.9 Å². The van der Waals surface area contributed by atoms with Gasteiger partial charge in [-0.15, -0.1) is 22.9 Å². The lowest BCUT2D eigenvalue weighted by atomic mass is 10.1. The van der Waals surface area contributed by atoms with Crippen molar-refractivity contribution >= 4 is 28.1 Å². The lowest BCUT2D eigenvalue weighted by molar-refractivity contribution is 0.769. The van der Waals surface area contributed by atoms with E-state index >= 15 is 0 Å². The van der Waals surface area contributed by atoms with E-state index in [9.17, 15) is 0 Å². The molecule has 2 unspecified atom stereocenters. The quantitative estimate of drug-likeness (QED) is 0.858. The van der Waals surface area contributed by atoms with E-state index in [1.54, 1.807) is 11.3 Å². The van der Waals surface area contributed by atoms with Gasteiger partial charge in [-0.3, -0.25) is 0 Å². The summed E-state index contributed by atoms with van der Waals surface area (Å²) in [6.07, 6.45) is 1.91. The Bertz CT molecular complexity index is 552. The van der Waals surface area contributed by atoms with Crippen LogP contribution < -0.4 is 5.32 Å². The second-order valence-electron chi connectivity index (χ2n) is 4.54. The molecule has 0 saturated carbocycles. The van der Waals surface area contributed by atoms with Crippen molar-refractivity contribution < 1.29 is 0 Å². The summed E-state index contributed by atoms with van der Waals surface area (Å²) in [6.45, 7) is 2.12. The molecule has 1 aromatic carbocycles. The summed E-state index contributed by atoms with van der Waals surface area (Å²) >= 11 is 8.11. The summed E-state index contributed by atoms with van der Waals surface area (Å²) in [6, 6.07) is 8.64. The highest BCUT2D eigenvalue weighted by Crippen LogP contribution is 2.37. The van der Waals surface area contributed by atoms with Gasteiger partial charge in [0.25, 0.3) is 0 Å². The standard InChI is InChI=1S/C14H15ClN2S/c1-2-10-8-18-14(16-10)17-13-11-6-4-3-5-9(11)7-12(13)15/h3-6,8,12-13H,2,7H2,1H3,(H,16,17). The molecule has 2 atom stereocenters. The van der Waals surface area contributed by atoms with Crippen LogP contribution in [0.4, 0.5) is 5.13 Å². The Morgan fingerprint density at radius 3 is 3.06 bits per heavy atom. The first kappa shape index (κ1) is 12.0. The lowest BCUT2D eigenvalue weighted by Crippen LogP contribution is -2.16. The summed E-state index contributed by atoms with van der Waals surface area (Å²) in [5, 5.41) is 6.66. The smallest absolute Gasteiger partial charge is 0.183 e. The van der Waals surface area contributed by atoms with Gasteiger partial charge in [0, 0.05) is 5.38 Å². The number of anilines is 1. The molecule has 0 saturated heterocycles. The van der Waals surface area contributed by atoms with E-state index in [0.29, 0.717) is 0 Å². The highest BCUT2D eigenvalue weighted by molar-refractivity contribution is 7.13. The molecular formula is C14H15ClN2S. The van der Waals surface area contributed by atoms with E-state index < -0.39 is 0 Å². The van der Waals surface area contributed by atoms with Crippen molar-refractivity contribution in [1.82, 2.24) is 4.98 Å². The Morgan fingerprint density at radius 2 is 2.28 bits per heavy atom. The number of fused-ring (bicyclic) bond motifs is 1. The van der Waals surface area contributed by atoms with Crippen LogP contribution in [0.15, 0.2) is 29.6 Å². The molecule has 1 aliphatic rings. The number of aryl methyl sites for hydroxylation is 1. The van der Waals surface area contributed by atoms with Crippen molar-refractivity contribution in [1.29, 1.82) is 0 Å². The Balaban J connectivity index is 1.84. The summed E-state index contributed by atoms with van der Waals surface area (Å²) in [4.78, 5) is 4.55. The first-order chi connectivity index (χ1) is 8.78. The average molecular weight is 279 g/mol. The number of rotatable bonds is 3. The van der Waals surface area contributed by atoms with Crippen LogP contribution in [-0.4, -0.2) is 10.4 Å². The van der Waals surface area contributed by atoms with Gasteiger partial charge in [-0.1, -0.05) is 31.2 Å². The van der Waals surface area contributed by atoms with Gasteiger partial charge in [0.05, 0.1) is 17.1 Å². The molecule has 0 spiro atoms. The van der Waals surface area contributed by atoms with Crippen molar-refractivity contribution in [2.24, 2.45) is 0 Å². The van der Waals surface area contributed by atoms with Gasteiger partial charge >= 0.3 is 0 Å². The van der Waals surface area contributed by atoms with Crippen molar-refractivity contribution in [3.63, 3.8) is 0 Å². The summed E-state index contributed by atoms with van der Waals surface area (Å²) < 4.78 is 0. The van der Waals surface area contributed by atoms with E-state index in [-0.39, 0.29) is 11.4 Å². The molecule has 1 heterocycles. The van der Waals surface area contributed by atoms with Crippen LogP contribution in [0.5, 0.6) is 0 Å². The van der Waals surface area contributed by atoms with Crippen LogP contribution in [-0.2, 0) is 12.8 Å². The van der Waals surface area contributed by atoms with Crippen LogP contribution in [0.2, 0.25) is 0 Å². The molecule has 1 N–H and O–H groups in total. The van der Waals surface area contributed by atoms with Crippen LogP contribution in [0.25, 0.3) is 0 Å². The minimum absolute atomic E-state index is 0.108. The predicted molar refractivity (Wildman–Crippen MR) is 77.6 cm³/mol. The molecule has 2 nitrogen and oxygen atoms in total. The van der Waals surface area contributed by atoms with Gasteiger partial charge in [-0.05, 0) is 24.0 Å². The van der Waals surface area contributed by atoms with Crippen molar-refractivity contribution in [3.8, 4) is 0 Å². The summed E-state index contributed by atoms with van der Waals surface area (Å²) in [5.41, 5.74) is 3.80. The van der Waals surface area contributed by atoms with Crippen LogP contribution in [0, 0.1) is 0 Å². The molecule has 1 aliphatic carbocycles. The molecule has 1 aromatic heterocycles. The molecule has 2 aromatic rings. The third-order valence-corrected chi connectivity index (χ3v) is 4.59. The van der Waals surface area contributed by atoms with Crippen LogP contribution in [0.3, 0.4) is 0 Å². The Morgan fingerprint density at radius 1 is 1.44 bits per heavy atom. The molecule has 0 fully saturated rings. The van der Waals surface area contributed by atoms with Gasteiger partial charge in [0.15, 0.2) is 5.13 Å². The van der Waals surface area contributed by atoms with Crippen molar-refractivity contribution in [3.05, 3.63) is 46.5 Å². The number of nitrogens with zero attached hydrogens (tertiary/aromatic N) is 1. The van der Waals surface area contributed by atoms with Gasteiger partial charge in [0.2, 0.25) is 0 Å². The maximum Gasteiger partial charge on any atom is 0.183 e. The normalized spacial score (nSPS) is 21.9. The Kier molecular flexibility index (Phi) is 3.27. The minimum atomic E-state index is 0.108. The van der Waals surface area contributed by atoms with Crippen LogP contribution in [0.1, 0.15) is 29.8 Å². The molecule has 0 radical (unpaired) electrons. The maximum atomic E-state index is 6.45. The third kappa shape index (κ3) is 2.13. The molecule has 3 rings (SSSR count). The number of halogens is 1. The first-order valence-corrected chi connectivity index (χ1v) is 7.52. The van der Waals surface area contributed by atoms with E-state index in [0.717, 1.165) is 23.7 Å². The fourth-order valence-electron chi connectivity index (χ4n) is 2.38. The topological polar surface area (TPSA) is 24.9 Å². The lowest BCUT2D eigenvalue weighted by Gasteiger charge is -2.16. The number of aromatic nitrogens is 1. The molecular weight excluding hydrogens is 264 g/mol. The fourth-order valence-corrected chi connectivity index (χ4v) is 3.58. The van der Waals surface area contributed by atoms with Gasteiger partial charge in [-0.2, -0.15) is 0 Å². The molecule has 18 heavy (non-hydrogen) atoms. The monoisotopic (exact) mass is 278 g/mol. The number of nitrogens with one attached hydrogen (secondary N) is 1. The molecule has 94 valence electrons. The number of thiazole rings is 1. The zero-order chi connectivity index (χ0) is 12.5. The summed E-state index contributed by atoms with van der Waals surface area (Å²) in [7, 11) is 0. The molecule has 0 amide bonds. The SMILES string of the molecule is CCc1csc(NC2c3ccccc3CC2Cl)n1. The van der Waals surface area contributed by atoms with Crippen molar-refractivity contribution in [2.75, 3.05) is 5.32 Å². The predicted octanol–water partition coefficient (Wildman–Crippen LogP) is 4.02. The maximum absolute atomic E-state index is 6.45. The molecule has 4 heteroatoms. The fraction of sp³-hybridized carbons (Fsp3) is 0.357. The number of hydrogen-bond donors (Lipinski definition) is 1. The third-order valence-electron chi connectivity index (χ3n) is 3.36. The second kappa shape index (κ2) is 4.90. The highest BCUT2D eigenvalue weighted by Gasteiger charge is 2.31. The minimum Gasteiger partial charge on any atom is -0.353 e. The zero-order valence-corrected chi connectivity index (χ0v) is 11.8. The first-order valence-electron chi connectivity index (χ1n) is 6.20. The second-order valence-corrected chi connectivity index (χ2v) is 5.96. The van der Waals surface area contributed by atoms with E-state index in [1.165, 1.54) is 11.1 Å². The number of hydrogen-bond acceptors (Lipinski definition) is 3. The summed E-state index contributed by atoms with van der Waals surface area (Å²) in [5.74, 6) is 0. The van der Waals surface area contributed by atoms with Gasteiger partial charge < -0.3 is 5.32 Å². The Hall–Kier alpha value is -1.06. The van der Waals surface area contributed by atoms with Gasteiger partial charge in [0.1, 0.15) is 0 Å². The van der Waals surface area contributed by atoms with Crippen LogP contribution >= 0.6 is 22.9 Å². The highest BCUT2D eigenvalue weighted by atomic mass is 35.5. The number of benzene rings is 1. The molecule has 0 aliphatic heterocycles.